The maximum absolute atomic E-state index is 11.0. The minimum Gasteiger partial charge on any atom is -0.594 e. The van der Waals surface area contributed by atoms with Crippen LogP contribution in [0.15, 0.2) is 18.5 Å². The zero-order chi connectivity index (χ0) is 8.55. The van der Waals surface area contributed by atoms with Crippen LogP contribution < -0.4 is 10.6 Å². The van der Waals surface area contributed by atoms with E-state index in [0.29, 0.717) is 15.9 Å². The van der Waals surface area contributed by atoms with Crippen molar-refractivity contribution in [3.63, 3.8) is 0 Å². The van der Waals surface area contributed by atoms with Crippen LogP contribution in [-0.4, -0.2) is 15.1 Å². The Hall–Kier alpha value is -1.98. The van der Waals surface area contributed by atoms with Gasteiger partial charge in [-0.05, 0) is 10.9 Å². The lowest BCUT2D eigenvalue weighted by Gasteiger charge is -1.96. The standard InChI is InChI=1S/C6H5N5O/c7-6-9-4-1-2-8-3-5(4)11(12)10-6/h1-3H,(H2,7,9,10). The SMILES string of the molecule is Nc1nc2ccncc2[n+]([O-])n1. The molecule has 0 aliphatic carbocycles. The first kappa shape index (κ1) is 6.71. The Morgan fingerprint density at radius 1 is 1.50 bits per heavy atom. The van der Waals surface area contributed by atoms with Gasteiger partial charge < -0.3 is 10.9 Å². The first-order valence-electron chi connectivity index (χ1n) is 3.24. The van der Waals surface area contributed by atoms with Gasteiger partial charge in [-0.15, -0.1) is 0 Å². The summed E-state index contributed by atoms with van der Waals surface area (Å²) >= 11 is 0. The number of nitrogens with zero attached hydrogens (tertiary/aromatic N) is 4. The number of hydrogen-bond donors (Lipinski definition) is 1. The van der Waals surface area contributed by atoms with Crippen molar-refractivity contribution in [1.29, 1.82) is 0 Å². The van der Waals surface area contributed by atoms with Crippen LogP contribution in [0.2, 0.25) is 0 Å². The van der Waals surface area contributed by atoms with Gasteiger partial charge in [-0.1, -0.05) is 0 Å². The van der Waals surface area contributed by atoms with E-state index in [1.807, 2.05) is 0 Å². The lowest BCUT2D eigenvalue weighted by atomic mass is 10.4. The topological polar surface area (TPSA) is 91.6 Å². The van der Waals surface area contributed by atoms with E-state index >= 15 is 0 Å². The summed E-state index contributed by atoms with van der Waals surface area (Å²) in [5, 5.41) is 14.4. The highest BCUT2D eigenvalue weighted by Gasteiger charge is 2.06. The second kappa shape index (κ2) is 2.26. The zero-order valence-corrected chi connectivity index (χ0v) is 6.01. The molecule has 2 N–H and O–H groups in total. The summed E-state index contributed by atoms with van der Waals surface area (Å²) in [6.45, 7) is 0. The van der Waals surface area contributed by atoms with E-state index in [4.69, 9.17) is 5.73 Å². The molecule has 12 heavy (non-hydrogen) atoms. The largest absolute Gasteiger partial charge is 0.594 e. The Bertz CT molecular complexity index is 429. The maximum Gasteiger partial charge on any atom is 0.288 e. The monoisotopic (exact) mass is 163 g/mol. The van der Waals surface area contributed by atoms with Crippen molar-refractivity contribution < 1.29 is 4.85 Å². The third-order valence-electron chi connectivity index (χ3n) is 1.41. The van der Waals surface area contributed by atoms with Crippen molar-refractivity contribution in [3.05, 3.63) is 23.7 Å². The number of anilines is 1. The van der Waals surface area contributed by atoms with Crippen molar-refractivity contribution in [1.82, 2.24) is 15.1 Å². The summed E-state index contributed by atoms with van der Waals surface area (Å²) < 4.78 is 0. The van der Waals surface area contributed by atoms with E-state index in [1.54, 1.807) is 6.07 Å². The highest BCUT2D eigenvalue weighted by molar-refractivity contribution is 5.69. The molecule has 0 radical (unpaired) electrons. The average Bonchev–Trinajstić information content (AvgIpc) is 2.04. The highest BCUT2D eigenvalue weighted by atomic mass is 16.5. The normalized spacial score (nSPS) is 10.3. The number of nitrogens with two attached hydrogens (primary N) is 1. The molecule has 2 aromatic heterocycles. The summed E-state index contributed by atoms with van der Waals surface area (Å²) in [6.07, 6.45) is 2.93. The molecule has 0 aromatic carbocycles. The molecule has 0 aliphatic rings. The number of aromatic nitrogens is 4. The van der Waals surface area contributed by atoms with Crippen LogP contribution in [0.1, 0.15) is 0 Å². The van der Waals surface area contributed by atoms with Gasteiger partial charge in [-0.25, -0.2) is 4.98 Å². The highest BCUT2D eigenvalue weighted by Crippen LogP contribution is 2.02. The minimum absolute atomic E-state index is 0.0382. The summed E-state index contributed by atoms with van der Waals surface area (Å²) in [5.74, 6) is -0.0382. The molecule has 0 unspecified atom stereocenters. The molecule has 2 aromatic rings. The van der Waals surface area contributed by atoms with Gasteiger partial charge in [0.25, 0.3) is 11.5 Å². The fraction of sp³-hybridized carbons (Fsp3) is 0. The van der Waals surface area contributed by atoms with Crippen LogP contribution in [0.5, 0.6) is 0 Å². The Kier molecular flexibility index (Phi) is 1.26. The zero-order valence-electron chi connectivity index (χ0n) is 6.01. The number of rotatable bonds is 0. The third kappa shape index (κ3) is 0.895. The van der Waals surface area contributed by atoms with Gasteiger partial charge in [0.15, 0.2) is 0 Å². The van der Waals surface area contributed by atoms with Crippen molar-refractivity contribution in [2.75, 3.05) is 5.73 Å². The molecule has 0 fully saturated rings. The first-order chi connectivity index (χ1) is 5.77. The fourth-order valence-electron chi connectivity index (χ4n) is 0.913. The molecular weight excluding hydrogens is 158 g/mol. The van der Waals surface area contributed by atoms with E-state index in [0.717, 1.165) is 0 Å². The van der Waals surface area contributed by atoms with E-state index in [-0.39, 0.29) is 5.95 Å². The lowest BCUT2D eigenvalue weighted by Crippen LogP contribution is -2.33. The van der Waals surface area contributed by atoms with Crippen LogP contribution in [0.4, 0.5) is 5.95 Å². The second-order valence-electron chi connectivity index (χ2n) is 2.21. The summed E-state index contributed by atoms with van der Waals surface area (Å²) in [6, 6.07) is 1.60. The smallest absolute Gasteiger partial charge is 0.288 e. The number of fused-ring (bicyclic) bond motifs is 1. The molecule has 6 nitrogen and oxygen atoms in total. The summed E-state index contributed by atoms with van der Waals surface area (Å²) in [7, 11) is 0. The second-order valence-corrected chi connectivity index (χ2v) is 2.21. The minimum atomic E-state index is -0.0382. The molecule has 0 bridgehead atoms. The number of hydrogen-bond acceptors (Lipinski definition) is 5. The van der Waals surface area contributed by atoms with Gasteiger partial charge in [0.05, 0.1) is 5.10 Å². The predicted molar refractivity (Wildman–Crippen MR) is 40.7 cm³/mol. The van der Waals surface area contributed by atoms with Gasteiger partial charge in [0, 0.05) is 6.20 Å². The number of nitrogen functional groups attached to an aromatic ring is 1. The van der Waals surface area contributed by atoms with Crippen molar-refractivity contribution in [2.45, 2.75) is 0 Å². The van der Waals surface area contributed by atoms with E-state index in [1.165, 1.54) is 12.4 Å². The molecule has 6 heteroatoms. The van der Waals surface area contributed by atoms with Gasteiger partial charge in [0.2, 0.25) is 0 Å². The molecule has 0 aliphatic heterocycles. The Balaban J connectivity index is 2.89. The Labute approximate surface area is 67.3 Å². The van der Waals surface area contributed by atoms with Gasteiger partial charge >= 0.3 is 0 Å². The molecular formula is C6H5N5O. The quantitative estimate of drug-likeness (QED) is 0.407. The molecule has 0 saturated heterocycles. The van der Waals surface area contributed by atoms with E-state index in [2.05, 4.69) is 15.1 Å². The fourth-order valence-corrected chi connectivity index (χ4v) is 0.913. The Morgan fingerprint density at radius 2 is 2.33 bits per heavy atom. The molecule has 0 amide bonds. The van der Waals surface area contributed by atoms with Crippen LogP contribution in [0, 0.1) is 5.21 Å². The summed E-state index contributed by atoms with van der Waals surface area (Å²) in [5.41, 5.74) is 6.07. The molecule has 2 heterocycles. The molecule has 2 rings (SSSR count). The van der Waals surface area contributed by atoms with Crippen molar-refractivity contribution in [2.24, 2.45) is 0 Å². The maximum atomic E-state index is 11.0. The van der Waals surface area contributed by atoms with E-state index in [9.17, 15) is 5.21 Å². The number of pyridine rings is 1. The molecule has 0 spiro atoms. The van der Waals surface area contributed by atoms with Crippen LogP contribution in [0.25, 0.3) is 11.0 Å². The lowest BCUT2D eigenvalue weighted by molar-refractivity contribution is -0.641. The molecule has 0 atom stereocenters. The van der Waals surface area contributed by atoms with Crippen LogP contribution in [-0.2, 0) is 0 Å². The van der Waals surface area contributed by atoms with Crippen molar-refractivity contribution >= 4 is 17.0 Å². The molecule has 0 saturated carbocycles. The van der Waals surface area contributed by atoms with Crippen LogP contribution >= 0.6 is 0 Å². The average molecular weight is 163 g/mol. The van der Waals surface area contributed by atoms with Gasteiger partial charge in [0.1, 0.15) is 11.7 Å². The molecule has 60 valence electrons. The Morgan fingerprint density at radius 3 is 3.17 bits per heavy atom. The summed E-state index contributed by atoms with van der Waals surface area (Å²) in [4.78, 5) is 8.01. The van der Waals surface area contributed by atoms with Gasteiger partial charge in [-0.2, -0.15) is 0 Å². The third-order valence-corrected chi connectivity index (χ3v) is 1.41. The first-order valence-corrected chi connectivity index (χ1v) is 3.24. The predicted octanol–water partition coefficient (Wildman–Crippen LogP) is -0.760. The van der Waals surface area contributed by atoms with Crippen LogP contribution in [0.3, 0.4) is 0 Å². The van der Waals surface area contributed by atoms with E-state index < -0.39 is 0 Å². The van der Waals surface area contributed by atoms with Gasteiger partial charge in [-0.3, -0.25) is 4.98 Å². The van der Waals surface area contributed by atoms with Crippen molar-refractivity contribution in [3.8, 4) is 0 Å².